The molecule has 0 aliphatic carbocycles. The van der Waals surface area contributed by atoms with Crippen molar-refractivity contribution in [1.82, 2.24) is 0 Å². The van der Waals surface area contributed by atoms with Crippen LogP contribution in [-0.2, 0) is 4.79 Å². The minimum absolute atomic E-state index is 0.0902. The number of carboxylic acid groups (broad SMARTS) is 1. The standard InChI is InChI=1S/C13H16ClFN2O4/c14-9-7-12(17(20)21)11(8-10(9)15)16-6-4-2-1-3-5-13(18)19/h7-8,16H,1-6H2,(H,18,19). The van der Waals surface area contributed by atoms with Gasteiger partial charge < -0.3 is 10.4 Å². The highest BCUT2D eigenvalue weighted by Crippen LogP contribution is 2.30. The molecule has 0 aliphatic rings. The van der Waals surface area contributed by atoms with Gasteiger partial charge in [0, 0.05) is 25.1 Å². The number of nitrogens with zero attached hydrogens (tertiary/aromatic N) is 1. The number of anilines is 1. The molecule has 21 heavy (non-hydrogen) atoms. The highest BCUT2D eigenvalue weighted by molar-refractivity contribution is 6.31. The van der Waals surface area contributed by atoms with Gasteiger partial charge in [-0.05, 0) is 12.8 Å². The summed E-state index contributed by atoms with van der Waals surface area (Å²) in [7, 11) is 0. The van der Waals surface area contributed by atoms with E-state index in [1.165, 1.54) is 0 Å². The number of hydrogen-bond acceptors (Lipinski definition) is 4. The normalized spacial score (nSPS) is 10.4. The van der Waals surface area contributed by atoms with E-state index in [2.05, 4.69) is 5.32 Å². The number of hydrogen-bond donors (Lipinski definition) is 2. The number of nitrogens with one attached hydrogen (secondary N) is 1. The van der Waals surface area contributed by atoms with Crippen molar-refractivity contribution in [2.45, 2.75) is 32.1 Å². The molecule has 8 heteroatoms. The molecule has 0 bridgehead atoms. The molecule has 0 unspecified atom stereocenters. The number of halogens is 2. The average molecular weight is 319 g/mol. The average Bonchev–Trinajstić information content (AvgIpc) is 2.40. The third kappa shape index (κ3) is 5.95. The van der Waals surface area contributed by atoms with Crippen LogP contribution in [0.5, 0.6) is 0 Å². The first-order chi connectivity index (χ1) is 9.91. The molecule has 0 aromatic heterocycles. The minimum atomic E-state index is -0.819. The first-order valence-electron chi connectivity index (χ1n) is 6.51. The van der Waals surface area contributed by atoms with Gasteiger partial charge >= 0.3 is 5.97 Å². The van der Waals surface area contributed by atoms with Crippen LogP contribution < -0.4 is 5.32 Å². The Hall–Kier alpha value is -1.89. The van der Waals surface area contributed by atoms with Gasteiger partial charge in [-0.1, -0.05) is 24.4 Å². The fourth-order valence-electron chi connectivity index (χ4n) is 1.81. The molecule has 2 N–H and O–H groups in total. The third-order valence-electron chi connectivity index (χ3n) is 2.87. The molecule has 1 aromatic rings. The number of nitro groups is 1. The summed E-state index contributed by atoms with van der Waals surface area (Å²) in [4.78, 5) is 20.5. The fourth-order valence-corrected chi connectivity index (χ4v) is 1.96. The lowest BCUT2D eigenvalue weighted by Gasteiger charge is -2.08. The molecule has 0 fully saturated rings. The van der Waals surface area contributed by atoms with Crippen molar-refractivity contribution in [3.8, 4) is 0 Å². The largest absolute Gasteiger partial charge is 0.481 e. The van der Waals surface area contributed by atoms with Crippen LogP contribution in [-0.4, -0.2) is 22.5 Å². The molecule has 0 spiro atoms. The number of rotatable bonds is 9. The van der Waals surface area contributed by atoms with Crippen molar-refractivity contribution in [2.75, 3.05) is 11.9 Å². The topological polar surface area (TPSA) is 92.5 Å². The highest BCUT2D eigenvalue weighted by atomic mass is 35.5. The second kappa shape index (κ2) is 8.41. The Morgan fingerprint density at radius 2 is 2.00 bits per heavy atom. The monoisotopic (exact) mass is 318 g/mol. The third-order valence-corrected chi connectivity index (χ3v) is 3.16. The predicted molar refractivity (Wildman–Crippen MR) is 77.3 cm³/mol. The molecule has 6 nitrogen and oxygen atoms in total. The highest BCUT2D eigenvalue weighted by Gasteiger charge is 2.17. The first kappa shape index (κ1) is 17.2. The van der Waals surface area contributed by atoms with Crippen LogP contribution in [0.15, 0.2) is 12.1 Å². The van der Waals surface area contributed by atoms with Crippen LogP contribution >= 0.6 is 11.6 Å². The Balaban J connectivity index is 2.43. The Kier molecular flexibility index (Phi) is 6.87. The molecular formula is C13H16ClFN2O4. The lowest BCUT2D eigenvalue weighted by atomic mass is 10.1. The Morgan fingerprint density at radius 3 is 2.62 bits per heavy atom. The summed E-state index contributed by atoms with van der Waals surface area (Å²) in [6.07, 6.45) is 3.02. The maximum Gasteiger partial charge on any atom is 0.303 e. The zero-order chi connectivity index (χ0) is 15.8. The number of carboxylic acids is 1. The molecular weight excluding hydrogens is 303 g/mol. The molecule has 0 amide bonds. The molecule has 0 atom stereocenters. The van der Waals surface area contributed by atoms with E-state index in [4.69, 9.17) is 16.7 Å². The molecule has 0 saturated heterocycles. The van der Waals surface area contributed by atoms with Gasteiger partial charge in [-0.3, -0.25) is 14.9 Å². The van der Waals surface area contributed by atoms with E-state index >= 15 is 0 Å². The Bertz CT molecular complexity index is 525. The van der Waals surface area contributed by atoms with Gasteiger partial charge in [0.2, 0.25) is 0 Å². The second-order valence-electron chi connectivity index (χ2n) is 4.53. The maximum atomic E-state index is 13.3. The molecule has 0 aliphatic heterocycles. The fraction of sp³-hybridized carbons (Fsp3) is 0.462. The summed E-state index contributed by atoms with van der Waals surface area (Å²) in [5.41, 5.74) is -0.181. The Labute approximate surface area is 126 Å². The maximum absolute atomic E-state index is 13.3. The van der Waals surface area contributed by atoms with Gasteiger partial charge in [0.15, 0.2) is 0 Å². The van der Waals surface area contributed by atoms with Crippen LogP contribution in [0.2, 0.25) is 5.02 Å². The first-order valence-corrected chi connectivity index (χ1v) is 6.88. The number of aliphatic carboxylic acids is 1. The summed E-state index contributed by atoms with van der Waals surface area (Å²) < 4.78 is 13.3. The quantitative estimate of drug-likeness (QED) is 0.410. The summed E-state index contributed by atoms with van der Waals surface area (Å²) in [5.74, 6) is -1.54. The zero-order valence-electron chi connectivity index (χ0n) is 11.3. The van der Waals surface area contributed by atoms with Crippen LogP contribution in [0, 0.1) is 15.9 Å². The molecule has 1 aromatic carbocycles. The van der Waals surface area contributed by atoms with E-state index in [-0.39, 0.29) is 22.8 Å². The van der Waals surface area contributed by atoms with Crippen molar-refractivity contribution in [1.29, 1.82) is 0 Å². The van der Waals surface area contributed by atoms with E-state index in [0.29, 0.717) is 19.4 Å². The number of unbranched alkanes of at least 4 members (excludes halogenated alkanes) is 3. The van der Waals surface area contributed by atoms with Gasteiger partial charge in [-0.15, -0.1) is 0 Å². The van der Waals surface area contributed by atoms with Crippen LogP contribution in [0.1, 0.15) is 32.1 Å². The molecule has 1 rings (SSSR count). The SMILES string of the molecule is O=C(O)CCCCCCNc1cc(F)c(Cl)cc1[N+](=O)[O-]. The summed E-state index contributed by atoms with van der Waals surface area (Å²) in [6.45, 7) is 0.439. The zero-order valence-corrected chi connectivity index (χ0v) is 12.0. The van der Waals surface area contributed by atoms with Crippen LogP contribution in [0.4, 0.5) is 15.8 Å². The number of carbonyl (C=O) groups is 1. The van der Waals surface area contributed by atoms with Crippen molar-refractivity contribution >= 4 is 28.9 Å². The van der Waals surface area contributed by atoms with E-state index in [0.717, 1.165) is 25.0 Å². The smallest absolute Gasteiger partial charge is 0.303 e. The van der Waals surface area contributed by atoms with Gasteiger partial charge in [0.05, 0.1) is 9.95 Å². The second-order valence-corrected chi connectivity index (χ2v) is 4.93. The van der Waals surface area contributed by atoms with E-state index in [1.54, 1.807) is 0 Å². The van der Waals surface area contributed by atoms with Crippen molar-refractivity contribution < 1.29 is 19.2 Å². The van der Waals surface area contributed by atoms with Crippen LogP contribution in [0.25, 0.3) is 0 Å². The van der Waals surface area contributed by atoms with Crippen LogP contribution in [0.3, 0.4) is 0 Å². The lowest BCUT2D eigenvalue weighted by molar-refractivity contribution is -0.384. The summed E-state index contributed by atoms with van der Waals surface area (Å²) in [6, 6.07) is 1.98. The Morgan fingerprint density at radius 1 is 1.33 bits per heavy atom. The minimum Gasteiger partial charge on any atom is -0.481 e. The molecule has 116 valence electrons. The van der Waals surface area contributed by atoms with E-state index in [9.17, 15) is 19.3 Å². The van der Waals surface area contributed by atoms with Gasteiger partial charge in [-0.25, -0.2) is 4.39 Å². The predicted octanol–water partition coefficient (Wildman–Crippen LogP) is 3.83. The molecule has 0 saturated carbocycles. The number of benzene rings is 1. The van der Waals surface area contributed by atoms with E-state index in [1.807, 2.05) is 0 Å². The van der Waals surface area contributed by atoms with Crippen molar-refractivity contribution in [2.24, 2.45) is 0 Å². The lowest BCUT2D eigenvalue weighted by Crippen LogP contribution is -2.05. The number of nitro benzene ring substituents is 1. The van der Waals surface area contributed by atoms with Gasteiger partial charge in [0.25, 0.3) is 5.69 Å². The van der Waals surface area contributed by atoms with Crippen molar-refractivity contribution in [3.05, 3.63) is 33.1 Å². The summed E-state index contributed by atoms with van der Waals surface area (Å²) >= 11 is 5.52. The molecule has 0 heterocycles. The van der Waals surface area contributed by atoms with Crippen molar-refractivity contribution in [3.63, 3.8) is 0 Å². The molecule has 0 radical (unpaired) electrons. The van der Waals surface area contributed by atoms with Gasteiger partial charge in [-0.2, -0.15) is 0 Å². The van der Waals surface area contributed by atoms with E-state index < -0.39 is 16.7 Å². The van der Waals surface area contributed by atoms with Gasteiger partial charge in [0.1, 0.15) is 11.5 Å². The summed E-state index contributed by atoms with van der Waals surface area (Å²) in [5, 5.41) is 21.8.